The predicted octanol–water partition coefficient (Wildman–Crippen LogP) is 2.86. The molecule has 0 amide bonds. The van der Waals surface area contributed by atoms with Gasteiger partial charge >= 0.3 is 0 Å². The highest BCUT2D eigenvalue weighted by molar-refractivity contribution is 7.09. The van der Waals surface area contributed by atoms with Gasteiger partial charge in [0.25, 0.3) is 0 Å². The van der Waals surface area contributed by atoms with Crippen molar-refractivity contribution in [2.75, 3.05) is 24.5 Å². The van der Waals surface area contributed by atoms with Crippen LogP contribution in [-0.2, 0) is 0 Å². The summed E-state index contributed by atoms with van der Waals surface area (Å²) in [6, 6.07) is 0. The van der Waals surface area contributed by atoms with E-state index in [1.807, 2.05) is 0 Å². The Kier molecular flexibility index (Phi) is 5.53. The molecule has 0 unspecified atom stereocenters. The molecule has 5 heteroatoms. The van der Waals surface area contributed by atoms with E-state index in [4.69, 9.17) is 5.73 Å². The van der Waals surface area contributed by atoms with Gasteiger partial charge in [0.05, 0.1) is 0 Å². The Labute approximate surface area is 115 Å². The normalized spacial score (nSPS) is 12.2. The van der Waals surface area contributed by atoms with Gasteiger partial charge in [0.15, 0.2) is 0 Å². The van der Waals surface area contributed by atoms with Crippen molar-refractivity contribution in [3.63, 3.8) is 0 Å². The van der Waals surface area contributed by atoms with E-state index in [-0.39, 0.29) is 5.41 Å². The van der Waals surface area contributed by atoms with Crippen LogP contribution in [-0.4, -0.2) is 29.0 Å². The third-order valence-electron chi connectivity index (χ3n) is 2.88. The van der Waals surface area contributed by atoms with E-state index in [1.54, 1.807) is 0 Å². The molecule has 0 radical (unpaired) electrons. The SMILES string of the molecule is CCCN(CC(C)(C)CN)c1nc(C(C)C)ns1. The summed E-state index contributed by atoms with van der Waals surface area (Å²) < 4.78 is 4.43. The first-order chi connectivity index (χ1) is 8.39. The van der Waals surface area contributed by atoms with Crippen molar-refractivity contribution >= 4 is 16.7 Å². The van der Waals surface area contributed by atoms with E-state index in [2.05, 4.69) is 48.9 Å². The summed E-state index contributed by atoms with van der Waals surface area (Å²) in [6.07, 6.45) is 1.11. The molecule has 0 atom stereocenters. The molecule has 0 fully saturated rings. The fourth-order valence-electron chi connectivity index (χ4n) is 1.68. The second-order valence-electron chi connectivity index (χ2n) is 5.88. The van der Waals surface area contributed by atoms with Crippen LogP contribution in [0, 0.1) is 5.41 Å². The van der Waals surface area contributed by atoms with Gasteiger partial charge < -0.3 is 10.6 Å². The lowest BCUT2D eigenvalue weighted by molar-refractivity contribution is 0.377. The molecular formula is C13H26N4S. The van der Waals surface area contributed by atoms with Crippen molar-refractivity contribution in [1.82, 2.24) is 9.36 Å². The Morgan fingerprint density at radius 2 is 2.06 bits per heavy atom. The van der Waals surface area contributed by atoms with Crippen LogP contribution in [0.2, 0.25) is 0 Å². The Balaban J connectivity index is 2.83. The van der Waals surface area contributed by atoms with E-state index in [0.29, 0.717) is 12.5 Å². The van der Waals surface area contributed by atoms with Gasteiger partial charge in [-0.2, -0.15) is 4.37 Å². The van der Waals surface area contributed by atoms with Crippen LogP contribution in [0.1, 0.15) is 52.8 Å². The van der Waals surface area contributed by atoms with Gasteiger partial charge in [0, 0.05) is 30.5 Å². The molecular weight excluding hydrogens is 244 g/mol. The van der Waals surface area contributed by atoms with E-state index in [9.17, 15) is 0 Å². The topological polar surface area (TPSA) is 55.0 Å². The second-order valence-corrected chi connectivity index (χ2v) is 6.61. The van der Waals surface area contributed by atoms with Gasteiger partial charge in [-0.1, -0.05) is 34.6 Å². The Morgan fingerprint density at radius 3 is 2.50 bits per heavy atom. The highest BCUT2D eigenvalue weighted by atomic mass is 32.1. The van der Waals surface area contributed by atoms with Crippen LogP contribution >= 0.6 is 11.5 Å². The number of nitrogens with zero attached hydrogens (tertiary/aromatic N) is 3. The third-order valence-corrected chi connectivity index (χ3v) is 3.67. The maximum absolute atomic E-state index is 5.82. The molecule has 0 aliphatic heterocycles. The number of rotatable bonds is 7. The number of hydrogen-bond acceptors (Lipinski definition) is 5. The average Bonchev–Trinajstić information content (AvgIpc) is 2.77. The molecule has 1 aromatic heterocycles. The van der Waals surface area contributed by atoms with E-state index >= 15 is 0 Å². The summed E-state index contributed by atoms with van der Waals surface area (Å²) in [7, 11) is 0. The highest BCUT2D eigenvalue weighted by Crippen LogP contribution is 2.25. The molecule has 1 rings (SSSR count). The summed E-state index contributed by atoms with van der Waals surface area (Å²) in [5, 5.41) is 1.03. The van der Waals surface area contributed by atoms with Crippen molar-refractivity contribution in [3.05, 3.63) is 5.82 Å². The summed E-state index contributed by atoms with van der Waals surface area (Å²) in [6.45, 7) is 13.5. The molecule has 1 aromatic rings. The minimum Gasteiger partial charge on any atom is -0.346 e. The van der Waals surface area contributed by atoms with Crippen molar-refractivity contribution in [3.8, 4) is 0 Å². The number of aromatic nitrogens is 2. The molecule has 1 heterocycles. The first-order valence-electron chi connectivity index (χ1n) is 6.68. The van der Waals surface area contributed by atoms with Gasteiger partial charge in [0.2, 0.25) is 5.13 Å². The number of anilines is 1. The average molecular weight is 270 g/mol. The van der Waals surface area contributed by atoms with Gasteiger partial charge in [0.1, 0.15) is 5.82 Å². The minimum absolute atomic E-state index is 0.110. The Hall–Kier alpha value is -0.680. The molecule has 104 valence electrons. The van der Waals surface area contributed by atoms with Crippen LogP contribution < -0.4 is 10.6 Å². The maximum Gasteiger partial charge on any atom is 0.205 e. The molecule has 0 bridgehead atoms. The van der Waals surface area contributed by atoms with Crippen LogP contribution in [0.15, 0.2) is 0 Å². The zero-order valence-electron chi connectivity index (χ0n) is 12.2. The van der Waals surface area contributed by atoms with Crippen molar-refractivity contribution < 1.29 is 0 Å². The molecule has 0 saturated heterocycles. The molecule has 0 aromatic carbocycles. The van der Waals surface area contributed by atoms with E-state index < -0.39 is 0 Å². The number of nitrogens with two attached hydrogens (primary N) is 1. The zero-order valence-corrected chi connectivity index (χ0v) is 13.0. The van der Waals surface area contributed by atoms with Crippen molar-refractivity contribution in [2.24, 2.45) is 11.1 Å². The summed E-state index contributed by atoms with van der Waals surface area (Å²) in [4.78, 5) is 6.96. The maximum atomic E-state index is 5.82. The van der Waals surface area contributed by atoms with Gasteiger partial charge in [-0.15, -0.1) is 0 Å². The lowest BCUT2D eigenvalue weighted by atomic mass is 9.93. The Bertz CT molecular complexity index is 360. The lowest BCUT2D eigenvalue weighted by Gasteiger charge is -2.31. The third kappa shape index (κ3) is 4.21. The molecule has 0 aliphatic carbocycles. The quantitative estimate of drug-likeness (QED) is 0.827. The largest absolute Gasteiger partial charge is 0.346 e. The molecule has 0 spiro atoms. The first kappa shape index (κ1) is 15.4. The van der Waals surface area contributed by atoms with Gasteiger partial charge in [-0.25, -0.2) is 4.98 Å². The number of hydrogen-bond donors (Lipinski definition) is 1. The smallest absolute Gasteiger partial charge is 0.205 e. The summed E-state index contributed by atoms with van der Waals surface area (Å²) in [5.74, 6) is 1.34. The summed E-state index contributed by atoms with van der Waals surface area (Å²) in [5.41, 5.74) is 5.93. The van der Waals surface area contributed by atoms with Crippen LogP contribution in [0.4, 0.5) is 5.13 Å². The standard InChI is InChI=1S/C13H26N4S/c1-6-7-17(9-13(4,5)8-14)12-15-11(10(2)3)16-18-12/h10H,6-9,14H2,1-5H3. The van der Waals surface area contributed by atoms with Crippen LogP contribution in [0.5, 0.6) is 0 Å². The second kappa shape index (κ2) is 6.48. The highest BCUT2D eigenvalue weighted by Gasteiger charge is 2.22. The predicted molar refractivity (Wildman–Crippen MR) is 79.3 cm³/mol. The van der Waals surface area contributed by atoms with Gasteiger partial charge in [-0.05, 0) is 18.4 Å². The Morgan fingerprint density at radius 1 is 1.39 bits per heavy atom. The monoisotopic (exact) mass is 270 g/mol. The fraction of sp³-hybridized carbons (Fsp3) is 0.846. The zero-order chi connectivity index (χ0) is 13.8. The van der Waals surface area contributed by atoms with Crippen LogP contribution in [0.25, 0.3) is 0 Å². The summed E-state index contributed by atoms with van der Waals surface area (Å²) >= 11 is 1.50. The van der Waals surface area contributed by atoms with Gasteiger partial charge in [-0.3, -0.25) is 0 Å². The van der Waals surface area contributed by atoms with E-state index in [0.717, 1.165) is 30.5 Å². The molecule has 0 saturated carbocycles. The lowest BCUT2D eigenvalue weighted by Crippen LogP contribution is -2.39. The van der Waals surface area contributed by atoms with Crippen molar-refractivity contribution in [2.45, 2.75) is 47.0 Å². The molecule has 2 N–H and O–H groups in total. The fourth-order valence-corrected chi connectivity index (χ4v) is 2.52. The molecule has 18 heavy (non-hydrogen) atoms. The first-order valence-corrected chi connectivity index (χ1v) is 7.45. The molecule has 4 nitrogen and oxygen atoms in total. The minimum atomic E-state index is 0.110. The van der Waals surface area contributed by atoms with E-state index in [1.165, 1.54) is 11.5 Å². The van der Waals surface area contributed by atoms with Crippen LogP contribution in [0.3, 0.4) is 0 Å². The van der Waals surface area contributed by atoms with Crippen molar-refractivity contribution in [1.29, 1.82) is 0 Å². The molecule has 0 aliphatic rings.